The van der Waals surface area contributed by atoms with Crippen molar-refractivity contribution in [1.82, 2.24) is 4.31 Å². The maximum Gasteiger partial charge on any atom is 0.243 e. The number of benzene rings is 1. The quantitative estimate of drug-likeness (QED) is 0.872. The van der Waals surface area contributed by atoms with Gasteiger partial charge in [0.2, 0.25) is 10.0 Å². The Morgan fingerprint density at radius 3 is 2.19 bits per heavy atom. The van der Waals surface area contributed by atoms with E-state index in [-0.39, 0.29) is 16.4 Å². The molecule has 21 heavy (non-hydrogen) atoms. The number of sulfonamides is 1. The van der Waals surface area contributed by atoms with Crippen molar-refractivity contribution in [2.75, 3.05) is 20.2 Å². The molecule has 0 fully saturated rings. The van der Waals surface area contributed by atoms with Crippen molar-refractivity contribution in [2.24, 2.45) is 11.1 Å². The molecule has 6 heteroatoms. The Hall–Kier alpha value is -1.11. The van der Waals surface area contributed by atoms with Gasteiger partial charge in [0.05, 0.1) is 4.90 Å². The monoisotopic (exact) mass is 314 g/mol. The molecule has 5 nitrogen and oxygen atoms in total. The number of hydrogen-bond donors (Lipinski definition) is 1. The lowest BCUT2D eigenvalue weighted by Crippen LogP contribution is -2.42. The predicted octanol–water partition coefficient (Wildman–Crippen LogP) is 2.08. The SMILES string of the molecule is CC(N(C)S(=O)(=O)c1ccc(OCCN)cc1)C(C)(C)C. The van der Waals surface area contributed by atoms with E-state index in [1.165, 1.54) is 4.31 Å². The topological polar surface area (TPSA) is 72.6 Å². The fourth-order valence-electron chi connectivity index (χ4n) is 1.80. The summed E-state index contributed by atoms with van der Waals surface area (Å²) < 4.78 is 32.0. The first kappa shape index (κ1) is 17.9. The number of nitrogens with zero attached hydrogens (tertiary/aromatic N) is 1. The van der Waals surface area contributed by atoms with Crippen LogP contribution in [0.3, 0.4) is 0 Å². The molecule has 0 aliphatic rings. The van der Waals surface area contributed by atoms with Gasteiger partial charge in [-0.15, -0.1) is 0 Å². The van der Waals surface area contributed by atoms with Crippen LogP contribution in [-0.4, -0.2) is 39.0 Å². The minimum absolute atomic E-state index is 0.115. The van der Waals surface area contributed by atoms with Crippen molar-refractivity contribution in [3.63, 3.8) is 0 Å². The summed E-state index contributed by atoms with van der Waals surface area (Å²) in [5.74, 6) is 0.617. The number of nitrogens with two attached hydrogens (primary N) is 1. The average molecular weight is 314 g/mol. The summed E-state index contributed by atoms with van der Waals surface area (Å²) in [6, 6.07) is 6.31. The van der Waals surface area contributed by atoms with Crippen LogP contribution in [0.5, 0.6) is 5.75 Å². The molecule has 0 heterocycles. The van der Waals surface area contributed by atoms with Gasteiger partial charge in [0.1, 0.15) is 12.4 Å². The van der Waals surface area contributed by atoms with Gasteiger partial charge in [-0.3, -0.25) is 0 Å². The summed E-state index contributed by atoms with van der Waals surface area (Å²) in [7, 11) is -1.89. The third-order valence-corrected chi connectivity index (χ3v) is 5.63. The molecule has 1 aromatic rings. The van der Waals surface area contributed by atoms with Gasteiger partial charge in [-0.2, -0.15) is 4.31 Å². The second-order valence-corrected chi connectivity index (χ2v) is 8.17. The molecule has 120 valence electrons. The van der Waals surface area contributed by atoms with Crippen molar-refractivity contribution >= 4 is 10.0 Å². The van der Waals surface area contributed by atoms with Gasteiger partial charge in [-0.05, 0) is 36.6 Å². The van der Waals surface area contributed by atoms with E-state index in [9.17, 15) is 8.42 Å². The first-order valence-electron chi connectivity index (χ1n) is 7.01. The van der Waals surface area contributed by atoms with Crippen molar-refractivity contribution in [3.05, 3.63) is 24.3 Å². The number of hydrogen-bond acceptors (Lipinski definition) is 4. The van der Waals surface area contributed by atoms with Crippen LogP contribution >= 0.6 is 0 Å². The Balaban J connectivity index is 2.97. The summed E-state index contributed by atoms with van der Waals surface area (Å²) in [5.41, 5.74) is 5.23. The Bertz CT molecular complexity index is 547. The van der Waals surface area contributed by atoms with E-state index in [0.717, 1.165) is 0 Å². The summed E-state index contributed by atoms with van der Waals surface area (Å²) >= 11 is 0. The van der Waals surface area contributed by atoms with E-state index in [0.29, 0.717) is 18.9 Å². The summed E-state index contributed by atoms with van der Waals surface area (Å²) in [6.07, 6.45) is 0. The van der Waals surface area contributed by atoms with Crippen molar-refractivity contribution < 1.29 is 13.2 Å². The molecule has 0 saturated carbocycles. The molecule has 1 unspecified atom stereocenters. The van der Waals surface area contributed by atoms with Gasteiger partial charge < -0.3 is 10.5 Å². The largest absolute Gasteiger partial charge is 0.492 e. The molecule has 0 amide bonds. The first-order chi connectivity index (χ1) is 9.60. The summed E-state index contributed by atoms with van der Waals surface area (Å²) in [5, 5.41) is 0. The molecular formula is C15H26N2O3S. The lowest BCUT2D eigenvalue weighted by Gasteiger charge is -2.34. The maximum absolute atomic E-state index is 12.6. The van der Waals surface area contributed by atoms with E-state index in [2.05, 4.69) is 0 Å². The van der Waals surface area contributed by atoms with E-state index in [4.69, 9.17) is 10.5 Å². The highest BCUT2D eigenvalue weighted by Crippen LogP contribution is 2.28. The highest BCUT2D eigenvalue weighted by Gasteiger charge is 2.32. The Kier molecular flexibility index (Phi) is 5.78. The van der Waals surface area contributed by atoms with E-state index in [1.54, 1.807) is 31.3 Å². The van der Waals surface area contributed by atoms with E-state index >= 15 is 0 Å². The summed E-state index contributed by atoms with van der Waals surface area (Å²) in [6.45, 7) is 8.81. The Morgan fingerprint density at radius 1 is 1.24 bits per heavy atom. The second-order valence-electron chi connectivity index (χ2n) is 6.17. The minimum Gasteiger partial charge on any atom is -0.492 e. The van der Waals surface area contributed by atoms with Gasteiger partial charge in [0.15, 0.2) is 0 Å². The standard InChI is InChI=1S/C15H26N2O3S/c1-12(15(2,3)4)17(5)21(18,19)14-8-6-13(7-9-14)20-11-10-16/h6-9,12H,10-11,16H2,1-5H3. The molecule has 2 N–H and O–H groups in total. The highest BCUT2D eigenvalue weighted by molar-refractivity contribution is 7.89. The molecule has 0 aliphatic heterocycles. The summed E-state index contributed by atoms with van der Waals surface area (Å²) in [4.78, 5) is 0.265. The van der Waals surface area contributed by atoms with Gasteiger partial charge in [0, 0.05) is 19.6 Å². The van der Waals surface area contributed by atoms with Gasteiger partial charge >= 0.3 is 0 Å². The van der Waals surface area contributed by atoms with Crippen LogP contribution in [0.15, 0.2) is 29.2 Å². The van der Waals surface area contributed by atoms with Crippen LogP contribution in [0, 0.1) is 5.41 Å². The molecular weight excluding hydrogens is 288 g/mol. The molecule has 0 saturated heterocycles. The van der Waals surface area contributed by atoms with Crippen LogP contribution in [0.25, 0.3) is 0 Å². The molecule has 1 aromatic carbocycles. The third kappa shape index (κ3) is 4.43. The zero-order valence-electron chi connectivity index (χ0n) is 13.5. The predicted molar refractivity (Wildman–Crippen MR) is 84.9 cm³/mol. The van der Waals surface area contributed by atoms with Crippen LogP contribution in [0.2, 0.25) is 0 Å². The number of rotatable bonds is 6. The molecule has 0 aromatic heterocycles. The fourth-order valence-corrected chi connectivity index (χ4v) is 3.35. The van der Waals surface area contributed by atoms with Gasteiger partial charge in [-0.1, -0.05) is 20.8 Å². The van der Waals surface area contributed by atoms with E-state index < -0.39 is 10.0 Å². The first-order valence-corrected chi connectivity index (χ1v) is 8.45. The van der Waals surface area contributed by atoms with Gasteiger partial charge in [0.25, 0.3) is 0 Å². The molecule has 0 aliphatic carbocycles. The maximum atomic E-state index is 12.6. The third-order valence-electron chi connectivity index (χ3n) is 3.69. The average Bonchev–Trinajstić information content (AvgIpc) is 2.42. The van der Waals surface area contributed by atoms with Crippen LogP contribution in [0.4, 0.5) is 0 Å². The zero-order chi connectivity index (χ0) is 16.3. The fraction of sp³-hybridized carbons (Fsp3) is 0.600. The van der Waals surface area contributed by atoms with Crippen LogP contribution in [0.1, 0.15) is 27.7 Å². The van der Waals surface area contributed by atoms with Crippen LogP contribution in [-0.2, 0) is 10.0 Å². The molecule has 0 radical (unpaired) electrons. The van der Waals surface area contributed by atoms with Crippen molar-refractivity contribution in [2.45, 2.75) is 38.6 Å². The zero-order valence-corrected chi connectivity index (χ0v) is 14.3. The Morgan fingerprint density at radius 2 is 1.76 bits per heavy atom. The lowest BCUT2D eigenvalue weighted by molar-refractivity contribution is 0.216. The number of ether oxygens (including phenoxy) is 1. The molecule has 1 rings (SSSR count). The van der Waals surface area contributed by atoms with Gasteiger partial charge in [-0.25, -0.2) is 8.42 Å². The lowest BCUT2D eigenvalue weighted by atomic mass is 9.88. The Labute approximate surface area is 128 Å². The molecule has 1 atom stereocenters. The normalized spacial score (nSPS) is 14.2. The van der Waals surface area contributed by atoms with Crippen molar-refractivity contribution in [1.29, 1.82) is 0 Å². The molecule has 0 spiro atoms. The highest BCUT2D eigenvalue weighted by atomic mass is 32.2. The van der Waals surface area contributed by atoms with Crippen molar-refractivity contribution in [3.8, 4) is 5.75 Å². The smallest absolute Gasteiger partial charge is 0.243 e. The van der Waals surface area contributed by atoms with E-state index in [1.807, 2.05) is 27.7 Å². The second kappa shape index (κ2) is 6.77. The molecule has 0 bridgehead atoms. The minimum atomic E-state index is -3.51. The van der Waals surface area contributed by atoms with Crippen LogP contribution < -0.4 is 10.5 Å².